The number of hydrogen-bond acceptors (Lipinski definition) is 3. The van der Waals surface area contributed by atoms with Crippen LogP contribution in [0.15, 0.2) is 28.1 Å². The van der Waals surface area contributed by atoms with Crippen LogP contribution in [0.25, 0.3) is 5.57 Å². The van der Waals surface area contributed by atoms with Crippen molar-refractivity contribution in [2.75, 3.05) is 6.26 Å². The van der Waals surface area contributed by atoms with E-state index < -0.39 is 15.7 Å². The molecule has 4 N–H and O–H groups in total. The molecule has 0 fully saturated rings. The van der Waals surface area contributed by atoms with Gasteiger partial charge in [0.05, 0.1) is 4.90 Å². The molecule has 0 aliphatic rings. The summed E-state index contributed by atoms with van der Waals surface area (Å²) in [5, 5.41) is 0. The Morgan fingerprint density at radius 3 is 2.24 bits per heavy atom. The van der Waals surface area contributed by atoms with Gasteiger partial charge < -0.3 is 11.5 Å². The number of hydrogen-bond donors (Lipinski definition) is 2. The van der Waals surface area contributed by atoms with Crippen LogP contribution in [0.3, 0.4) is 0 Å². The number of aliphatic imine (C=N–C) groups is 1. The number of nitrogens with zero attached hydrogens (tertiary/aromatic N) is 1. The van der Waals surface area contributed by atoms with Crippen molar-refractivity contribution in [3.8, 4) is 0 Å². The van der Waals surface area contributed by atoms with Crippen LogP contribution in [0.4, 0.5) is 0 Å². The molecule has 0 aliphatic carbocycles. The second-order valence-corrected chi connectivity index (χ2v) is 6.73. The minimum atomic E-state index is -3.49. The van der Waals surface area contributed by atoms with E-state index in [0.29, 0.717) is 11.1 Å². The summed E-state index contributed by atoms with van der Waals surface area (Å²) in [6.07, 6.45) is 2.90. The molecule has 1 rings (SSSR count). The molecule has 0 bridgehead atoms. The molecule has 0 saturated heterocycles. The second kappa shape index (κ2) is 6.09. The topological polar surface area (TPSA) is 116 Å². The largest absolute Gasteiger partial charge is 0.370 e. The molecule has 7 heteroatoms. The number of carbonyl (C=O) groups is 1. The smallest absolute Gasteiger partial charge is 0.280 e. The van der Waals surface area contributed by atoms with Crippen LogP contribution in [0.2, 0.25) is 0 Å². The Hall–Kier alpha value is -2.15. The van der Waals surface area contributed by atoms with Crippen LogP contribution < -0.4 is 11.5 Å². The Morgan fingerprint density at radius 1 is 1.24 bits per heavy atom. The molecule has 21 heavy (non-hydrogen) atoms. The van der Waals surface area contributed by atoms with E-state index in [1.54, 1.807) is 26.0 Å². The van der Waals surface area contributed by atoms with Gasteiger partial charge in [-0.1, -0.05) is 6.08 Å². The van der Waals surface area contributed by atoms with E-state index in [2.05, 4.69) is 4.99 Å². The van der Waals surface area contributed by atoms with Crippen molar-refractivity contribution in [1.82, 2.24) is 0 Å². The Labute approximate surface area is 124 Å². The summed E-state index contributed by atoms with van der Waals surface area (Å²) >= 11 is 0. The minimum absolute atomic E-state index is 0.0813. The quantitative estimate of drug-likeness (QED) is 0.643. The van der Waals surface area contributed by atoms with Gasteiger partial charge in [-0.05, 0) is 49.6 Å². The highest BCUT2D eigenvalue weighted by molar-refractivity contribution is 7.90. The lowest BCUT2D eigenvalue weighted by molar-refractivity contribution is 0.100. The van der Waals surface area contributed by atoms with Crippen LogP contribution in [0, 0.1) is 6.92 Å². The lowest BCUT2D eigenvalue weighted by Gasteiger charge is -2.12. The maximum Gasteiger partial charge on any atom is 0.280 e. The highest BCUT2D eigenvalue weighted by Gasteiger charge is 2.19. The van der Waals surface area contributed by atoms with Gasteiger partial charge in [-0.3, -0.25) is 4.79 Å². The lowest BCUT2D eigenvalue weighted by atomic mass is 10.00. The molecule has 0 heterocycles. The number of allylic oxidation sites excluding steroid dienone is 2. The number of guanidine groups is 1. The number of rotatable bonds is 3. The molecule has 0 aliphatic heterocycles. The zero-order chi connectivity index (χ0) is 16.4. The molecule has 0 unspecified atom stereocenters. The Kier molecular flexibility index (Phi) is 4.90. The normalized spacial score (nSPS) is 12.1. The fourth-order valence-electron chi connectivity index (χ4n) is 1.87. The fraction of sp³-hybridized carbons (Fsp3) is 0.286. The molecule has 0 spiro atoms. The van der Waals surface area contributed by atoms with Crippen molar-refractivity contribution >= 4 is 27.3 Å². The molecule has 1 aromatic carbocycles. The highest BCUT2D eigenvalue weighted by Crippen LogP contribution is 2.27. The predicted octanol–water partition coefficient (Wildman–Crippen LogP) is 1.24. The van der Waals surface area contributed by atoms with E-state index >= 15 is 0 Å². The van der Waals surface area contributed by atoms with Crippen LogP contribution >= 0.6 is 0 Å². The van der Waals surface area contributed by atoms with Crippen LogP contribution in [0.1, 0.15) is 35.3 Å². The first-order valence-corrected chi connectivity index (χ1v) is 8.09. The number of sulfone groups is 1. The molecular formula is C14H19N3O3S. The van der Waals surface area contributed by atoms with Gasteiger partial charge in [0.2, 0.25) is 0 Å². The molecule has 1 amide bonds. The van der Waals surface area contributed by atoms with Gasteiger partial charge >= 0.3 is 0 Å². The van der Waals surface area contributed by atoms with Gasteiger partial charge in [0.25, 0.3) is 5.91 Å². The van der Waals surface area contributed by atoms with E-state index in [1.165, 1.54) is 6.07 Å². The predicted molar refractivity (Wildman–Crippen MR) is 83.8 cm³/mol. The monoisotopic (exact) mass is 309 g/mol. The number of benzene rings is 1. The van der Waals surface area contributed by atoms with E-state index in [1.807, 2.05) is 6.92 Å². The zero-order valence-electron chi connectivity index (χ0n) is 12.5. The summed E-state index contributed by atoms with van der Waals surface area (Å²) in [4.78, 5) is 15.5. The summed E-state index contributed by atoms with van der Waals surface area (Å²) in [5.74, 6) is -1.03. The zero-order valence-corrected chi connectivity index (χ0v) is 13.3. The molecule has 114 valence electrons. The third-order valence-corrected chi connectivity index (χ3v) is 4.18. The van der Waals surface area contributed by atoms with Gasteiger partial charge in [0.1, 0.15) is 0 Å². The first-order chi connectivity index (χ1) is 9.57. The number of carbonyl (C=O) groups excluding carboxylic acids is 1. The van der Waals surface area contributed by atoms with E-state index in [9.17, 15) is 13.2 Å². The first kappa shape index (κ1) is 16.9. The summed E-state index contributed by atoms with van der Waals surface area (Å²) in [6.45, 7) is 5.32. The fourth-order valence-corrected chi connectivity index (χ4v) is 2.82. The van der Waals surface area contributed by atoms with E-state index in [4.69, 9.17) is 11.5 Å². The van der Waals surface area contributed by atoms with Crippen LogP contribution in [-0.4, -0.2) is 26.5 Å². The number of aryl methyl sites for hydroxylation is 1. The van der Waals surface area contributed by atoms with E-state index in [0.717, 1.165) is 11.8 Å². The van der Waals surface area contributed by atoms with Crippen LogP contribution in [-0.2, 0) is 9.84 Å². The Balaban J connectivity index is 3.68. The van der Waals surface area contributed by atoms with Crippen molar-refractivity contribution in [3.63, 3.8) is 0 Å². The van der Waals surface area contributed by atoms with Gasteiger partial charge in [-0.15, -0.1) is 0 Å². The van der Waals surface area contributed by atoms with Crippen molar-refractivity contribution in [3.05, 3.63) is 34.9 Å². The highest BCUT2D eigenvalue weighted by atomic mass is 32.2. The van der Waals surface area contributed by atoms with Crippen LogP contribution in [0.5, 0.6) is 0 Å². The van der Waals surface area contributed by atoms with Crippen molar-refractivity contribution < 1.29 is 13.2 Å². The standard InChI is InChI=1S/C14H19N3O3S/c1-5-8(2)10-6-9(3)11(13(18)17-14(15)16)7-12(10)21(4,19)20/h5-7H,1-4H3,(H4,15,16,17,18). The second-order valence-electron chi connectivity index (χ2n) is 4.75. The van der Waals surface area contributed by atoms with Gasteiger partial charge in [-0.2, -0.15) is 4.99 Å². The third-order valence-electron chi connectivity index (χ3n) is 3.04. The molecule has 6 nitrogen and oxygen atoms in total. The molecule has 0 aromatic heterocycles. The minimum Gasteiger partial charge on any atom is -0.370 e. The van der Waals surface area contributed by atoms with Crippen molar-refractivity contribution in [2.24, 2.45) is 16.5 Å². The molecule has 0 saturated carbocycles. The summed E-state index contributed by atoms with van der Waals surface area (Å²) in [7, 11) is -3.49. The van der Waals surface area contributed by atoms with Gasteiger partial charge in [0, 0.05) is 11.8 Å². The van der Waals surface area contributed by atoms with Crippen molar-refractivity contribution in [1.29, 1.82) is 0 Å². The molecular weight excluding hydrogens is 290 g/mol. The Bertz CT molecular complexity index is 743. The number of amides is 1. The lowest BCUT2D eigenvalue weighted by Crippen LogP contribution is -2.24. The maximum absolute atomic E-state index is 12.0. The summed E-state index contributed by atoms with van der Waals surface area (Å²) in [6, 6.07) is 2.98. The SMILES string of the molecule is CC=C(C)c1cc(C)c(C(=O)N=C(N)N)cc1S(C)(=O)=O. The van der Waals surface area contributed by atoms with Crippen molar-refractivity contribution in [2.45, 2.75) is 25.7 Å². The van der Waals surface area contributed by atoms with E-state index in [-0.39, 0.29) is 16.4 Å². The summed E-state index contributed by atoms with van der Waals surface area (Å²) < 4.78 is 23.9. The first-order valence-electron chi connectivity index (χ1n) is 6.20. The molecule has 1 aromatic rings. The number of nitrogens with two attached hydrogens (primary N) is 2. The average molecular weight is 309 g/mol. The van der Waals surface area contributed by atoms with Gasteiger partial charge in [0.15, 0.2) is 15.8 Å². The molecule has 0 radical (unpaired) electrons. The average Bonchev–Trinajstić information content (AvgIpc) is 2.34. The maximum atomic E-state index is 12.0. The molecule has 0 atom stereocenters. The third kappa shape index (κ3) is 3.91. The van der Waals surface area contributed by atoms with Gasteiger partial charge in [-0.25, -0.2) is 8.42 Å². The Morgan fingerprint density at radius 2 is 1.81 bits per heavy atom. The summed E-state index contributed by atoms with van der Waals surface area (Å²) in [5.41, 5.74) is 12.5.